The van der Waals surface area contributed by atoms with E-state index in [-0.39, 0.29) is 5.83 Å². The molecule has 0 amide bonds. The van der Waals surface area contributed by atoms with Gasteiger partial charge in [-0.25, -0.2) is 4.39 Å². The Hall–Kier alpha value is -0.110. The lowest BCUT2D eigenvalue weighted by atomic mass is 10.1. The van der Waals surface area contributed by atoms with Gasteiger partial charge in [-0.1, -0.05) is 28.9 Å². The summed E-state index contributed by atoms with van der Waals surface area (Å²) in [7, 11) is 0. The monoisotopic (exact) mass is 220 g/mol. The molecule has 64 valence electrons. The molecule has 0 fully saturated rings. The average Bonchev–Trinajstić information content (AvgIpc) is 2.05. The van der Waals surface area contributed by atoms with Gasteiger partial charge in [0, 0.05) is 5.33 Å². The molecule has 0 aliphatic carbocycles. The molecule has 0 atom stereocenters. The van der Waals surface area contributed by atoms with Crippen LogP contribution in [0.4, 0.5) is 4.39 Å². The van der Waals surface area contributed by atoms with Gasteiger partial charge in [0.05, 0.1) is 0 Å². The zero-order valence-corrected chi connectivity index (χ0v) is 8.83. The molecule has 11 heavy (non-hydrogen) atoms. The molecule has 0 aliphatic heterocycles. The molecule has 0 unspecified atom stereocenters. The van der Waals surface area contributed by atoms with Crippen molar-refractivity contribution >= 4 is 15.9 Å². The molecule has 2 heteroatoms. The topological polar surface area (TPSA) is 0 Å². The summed E-state index contributed by atoms with van der Waals surface area (Å²) in [5.74, 6) is -0.0162. The third-order valence-corrected chi connectivity index (χ3v) is 2.24. The summed E-state index contributed by atoms with van der Waals surface area (Å²) in [6, 6.07) is 0. The lowest BCUT2D eigenvalue weighted by Gasteiger charge is -2.04. The molecule has 0 rings (SSSR count). The predicted molar refractivity (Wildman–Crippen MR) is 51.7 cm³/mol. The van der Waals surface area contributed by atoms with E-state index in [9.17, 15) is 4.39 Å². The maximum Gasteiger partial charge on any atom is 0.104 e. The standard InChI is InChI=1S/C9H14BrF/c1-4-7(3)8(6-10)9(11)5-2/h4H,5-6H2,1-3H3/b7-4-,9-8+. The molecule has 0 saturated carbocycles. The van der Waals surface area contributed by atoms with Crippen LogP contribution in [0.1, 0.15) is 27.2 Å². The zero-order chi connectivity index (χ0) is 8.85. The van der Waals surface area contributed by atoms with Crippen LogP contribution in [0.5, 0.6) is 0 Å². The van der Waals surface area contributed by atoms with Gasteiger partial charge in [0.1, 0.15) is 5.83 Å². The second kappa shape index (κ2) is 5.53. The van der Waals surface area contributed by atoms with Gasteiger partial charge in [-0.05, 0) is 31.4 Å². The number of allylic oxidation sites excluding steroid dienone is 4. The molecule has 0 radical (unpaired) electrons. The highest BCUT2D eigenvalue weighted by Crippen LogP contribution is 2.19. The van der Waals surface area contributed by atoms with Gasteiger partial charge in [-0.2, -0.15) is 0 Å². The minimum atomic E-state index is -0.0162. The van der Waals surface area contributed by atoms with Crippen molar-refractivity contribution < 1.29 is 4.39 Å². The van der Waals surface area contributed by atoms with Crippen molar-refractivity contribution in [3.8, 4) is 0 Å². The molecule has 0 nitrogen and oxygen atoms in total. The van der Waals surface area contributed by atoms with Crippen LogP contribution in [-0.4, -0.2) is 5.33 Å². The van der Waals surface area contributed by atoms with Crippen LogP contribution in [-0.2, 0) is 0 Å². The Bertz CT molecular complexity index is 180. The number of rotatable bonds is 3. The summed E-state index contributed by atoms with van der Waals surface area (Å²) in [5, 5.41) is 0.600. The van der Waals surface area contributed by atoms with Crippen LogP contribution in [0.3, 0.4) is 0 Å². The SMILES string of the molecule is C/C=C(C)\C(CBr)=C(\F)CC. The Morgan fingerprint density at radius 2 is 2.09 bits per heavy atom. The van der Waals surface area contributed by atoms with E-state index >= 15 is 0 Å². The van der Waals surface area contributed by atoms with Gasteiger partial charge in [0.25, 0.3) is 0 Å². The lowest BCUT2D eigenvalue weighted by Crippen LogP contribution is -1.90. The van der Waals surface area contributed by atoms with Crippen molar-refractivity contribution in [2.24, 2.45) is 0 Å². The second-order valence-corrected chi connectivity index (χ2v) is 2.90. The number of hydrogen-bond donors (Lipinski definition) is 0. The zero-order valence-electron chi connectivity index (χ0n) is 7.25. The fourth-order valence-corrected chi connectivity index (χ4v) is 1.53. The first-order chi connectivity index (χ1) is 5.17. The summed E-state index contributed by atoms with van der Waals surface area (Å²) in [6.45, 7) is 5.66. The van der Waals surface area contributed by atoms with Crippen molar-refractivity contribution in [3.05, 3.63) is 23.0 Å². The largest absolute Gasteiger partial charge is 0.212 e. The van der Waals surface area contributed by atoms with Crippen LogP contribution < -0.4 is 0 Å². The minimum Gasteiger partial charge on any atom is -0.212 e. The van der Waals surface area contributed by atoms with Gasteiger partial charge in [-0.3, -0.25) is 0 Å². The smallest absolute Gasteiger partial charge is 0.104 e. The maximum absolute atomic E-state index is 13.0. The first kappa shape index (κ1) is 10.9. The van der Waals surface area contributed by atoms with Gasteiger partial charge in [-0.15, -0.1) is 0 Å². The maximum atomic E-state index is 13.0. The van der Waals surface area contributed by atoms with E-state index in [0.717, 1.165) is 11.1 Å². The van der Waals surface area contributed by atoms with Crippen LogP contribution in [0.15, 0.2) is 23.0 Å². The highest BCUT2D eigenvalue weighted by Gasteiger charge is 2.03. The summed E-state index contributed by atoms with van der Waals surface area (Å²) >= 11 is 3.26. The molecule has 0 bridgehead atoms. The van der Waals surface area contributed by atoms with E-state index in [1.807, 2.05) is 26.8 Å². The number of hydrogen-bond acceptors (Lipinski definition) is 0. The summed E-state index contributed by atoms with van der Waals surface area (Å²) < 4.78 is 13.0. The Morgan fingerprint density at radius 3 is 2.36 bits per heavy atom. The Morgan fingerprint density at radius 1 is 1.55 bits per heavy atom. The molecular formula is C9H14BrF. The van der Waals surface area contributed by atoms with Crippen molar-refractivity contribution in [2.75, 3.05) is 5.33 Å². The van der Waals surface area contributed by atoms with E-state index in [1.165, 1.54) is 0 Å². The Balaban J connectivity index is 4.65. The fourth-order valence-electron chi connectivity index (χ4n) is 0.779. The third-order valence-electron chi connectivity index (χ3n) is 1.68. The first-order valence-corrected chi connectivity index (χ1v) is 4.86. The molecule has 0 heterocycles. The summed E-state index contributed by atoms with van der Waals surface area (Å²) in [6.07, 6.45) is 2.40. The van der Waals surface area contributed by atoms with E-state index in [1.54, 1.807) is 0 Å². The summed E-state index contributed by atoms with van der Waals surface area (Å²) in [4.78, 5) is 0. The first-order valence-electron chi connectivity index (χ1n) is 3.74. The minimum absolute atomic E-state index is 0.0162. The van der Waals surface area contributed by atoms with Crippen molar-refractivity contribution in [2.45, 2.75) is 27.2 Å². The normalized spacial score (nSPS) is 14.8. The van der Waals surface area contributed by atoms with E-state index in [4.69, 9.17) is 0 Å². The van der Waals surface area contributed by atoms with Gasteiger partial charge in [0.2, 0.25) is 0 Å². The quantitative estimate of drug-likeness (QED) is 0.499. The van der Waals surface area contributed by atoms with Gasteiger partial charge >= 0.3 is 0 Å². The average molecular weight is 221 g/mol. The second-order valence-electron chi connectivity index (χ2n) is 2.34. The Kier molecular flexibility index (Phi) is 5.47. The molecule has 0 N–H and O–H groups in total. The molecule has 0 aliphatic rings. The Labute approximate surface area is 76.3 Å². The highest BCUT2D eigenvalue weighted by molar-refractivity contribution is 9.09. The van der Waals surface area contributed by atoms with Crippen LogP contribution in [0.25, 0.3) is 0 Å². The molecule has 0 saturated heterocycles. The van der Waals surface area contributed by atoms with Crippen molar-refractivity contribution in [1.82, 2.24) is 0 Å². The highest BCUT2D eigenvalue weighted by atomic mass is 79.9. The van der Waals surface area contributed by atoms with E-state index in [0.29, 0.717) is 11.8 Å². The van der Waals surface area contributed by atoms with Crippen LogP contribution in [0.2, 0.25) is 0 Å². The fraction of sp³-hybridized carbons (Fsp3) is 0.556. The van der Waals surface area contributed by atoms with E-state index < -0.39 is 0 Å². The lowest BCUT2D eigenvalue weighted by molar-refractivity contribution is 0.594. The van der Waals surface area contributed by atoms with Crippen LogP contribution >= 0.6 is 15.9 Å². The molecular weight excluding hydrogens is 207 g/mol. The van der Waals surface area contributed by atoms with Gasteiger partial charge < -0.3 is 0 Å². The molecule has 0 spiro atoms. The molecule has 0 aromatic carbocycles. The number of halogens is 2. The predicted octanol–water partition coefficient (Wildman–Crippen LogP) is 3.98. The van der Waals surface area contributed by atoms with Crippen molar-refractivity contribution in [3.63, 3.8) is 0 Å². The third kappa shape index (κ3) is 3.19. The number of alkyl halides is 1. The van der Waals surface area contributed by atoms with E-state index in [2.05, 4.69) is 15.9 Å². The van der Waals surface area contributed by atoms with Crippen molar-refractivity contribution in [1.29, 1.82) is 0 Å². The van der Waals surface area contributed by atoms with Crippen LogP contribution in [0, 0.1) is 0 Å². The molecule has 0 aromatic heterocycles. The summed E-state index contributed by atoms with van der Waals surface area (Å²) in [5.41, 5.74) is 1.80. The van der Waals surface area contributed by atoms with Gasteiger partial charge in [0.15, 0.2) is 0 Å². The molecule has 0 aromatic rings.